The van der Waals surface area contributed by atoms with Crippen molar-refractivity contribution in [2.24, 2.45) is 11.3 Å². The fraction of sp³-hybridized carbons (Fsp3) is 1.00. The maximum absolute atomic E-state index is 5.24. The van der Waals surface area contributed by atoms with Crippen molar-refractivity contribution in [1.29, 1.82) is 0 Å². The van der Waals surface area contributed by atoms with Crippen LogP contribution >= 0.6 is 0 Å². The van der Waals surface area contributed by atoms with Crippen LogP contribution in [0.15, 0.2) is 0 Å². The lowest BCUT2D eigenvalue weighted by molar-refractivity contribution is -0.199. The highest BCUT2D eigenvalue weighted by atomic mass is 16.5. The Morgan fingerprint density at radius 2 is 1.75 bits per heavy atom. The third-order valence-electron chi connectivity index (χ3n) is 3.43. The molecule has 0 aliphatic carbocycles. The lowest BCUT2D eigenvalue weighted by Crippen LogP contribution is -2.68. The fourth-order valence-electron chi connectivity index (χ4n) is 2.10. The van der Waals surface area contributed by atoms with Crippen molar-refractivity contribution in [2.45, 2.75) is 26.8 Å². The molecular weight excluding hydrogens is 150 g/mol. The summed E-state index contributed by atoms with van der Waals surface area (Å²) in [4.78, 5) is 2.58. The van der Waals surface area contributed by atoms with Crippen LogP contribution in [0.2, 0.25) is 0 Å². The summed E-state index contributed by atoms with van der Waals surface area (Å²) in [6.45, 7) is 11.5. The molecule has 0 unspecified atom stereocenters. The molecule has 0 aromatic heterocycles. The first kappa shape index (κ1) is 8.52. The standard InChI is InChI=1S/C10H19NO/c1-8(2)9(3)11-4-10(5-11)6-12-7-10/h8-9H,4-7H2,1-3H3/t9-/m1/s1. The van der Waals surface area contributed by atoms with Crippen molar-refractivity contribution in [3.63, 3.8) is 0 Å². The van der Waals surface area contributed by atoms with E-state index >= 15 is 0 Å². The smallest absolute Gasteiger partial charge is 0.0569 e. The molecule has 0 saturated carbocycles. The van der Waals surface area contributed by atoms with E-state index in [1.165, 1.54) is 13.1 Å². The normalized spacial score (nSPS) is 30.0. The summed E-state index contributed by atoms with van der Waals surface area (Å²) in [6.07, 6.45) is 0. The van der Waals surface area contributed by atoms with E-state index < -0.39 is 0 Å². The summed E-state index contributed by atoms with van der Waals surface area (Å²) in [6, 6.07) is 0.747. The molecule has 0 amide bonds. The van der Waals surface area contributed by atoms with Gasteiger partial charge in [-0.2, -0.15) is 0 Å². The molecule has 0 aromatic carbocycles. The van der Waals surface area contributed by atoms with E-state index in [2.05, 4.69) is 25.7 Å². The Morgan fingerprint density at radius 1 is 1.17 bits per heavy atom. The first-order chi connectivity index (χ1) is 5.63. The minimum absolute atomic E-state index is 0.586. The van der Waals surface area contributed by atoms with Crippen LogP contribution in [0, 0.1) is 11.3 Å². The fourth-order valence-corrected chi connectivity index (χ4v) is 2.10. The molecule has 2 nitrogen and oxygen atoms in total. The van der Waals surface area contributed by atoms with E-state index in [0.717, 1.165) is 25.2 Å². The second-order valence-corrected chi connectivity index (χ2v) is 4.88. The molecule has 70 valence electrons. The van der Waals surface area contributed by atoms with E-state index in [1.54, 1.807) is 0 Å². The molecule has 12 heavy (non-hydrogen) atoms. The molecule has 0 radical (unpaired) electrons. The number of hydrogen-bond acceptors (Lipinski definition) is 2. The Balaban J connectivity index is 1.80. The van der Waals surface area contributed by atoms with Gasteiger partial charge in [0.25, 0.3) is 0 Å². The molecule has 2 heterocycles. The van der Waals surface area contributed by atoms with Gasteiger partial charge in [-0.1, -0.05) is 13.8 Å². The Bertz CT molecular complexity index is 167. The lowest BCUT2D eigenvalue weighted by Gasteiger charge is -2.57. The van der Waals surface area contributed by atoms with Gasteiger partial charge in [-0.05, 0) is 12.8 Å². The van der Waals surface area contributed by atoms with Gasteiger partial charge in [0, 0.05) is 24.5 Å². The van der Waals surface area contributed by atoms with Crippen molar-refractivity contribution < 1.29 is 4.74 Å². The maximum atomic E-state index is 5.24. The van der Waals surface area contributed by atoms with Crippen LogP contribution in [0.4, 0.5) is 0 Å². The average Bonchev–Trinajstić information content (AvgIpc) is 1.80. The first-order valence-corrected chi connectivity index (χ1v) is 4.95. The molecule has 2 saturated heterocycles. The van der Waals surface area contributed by atoms with Gasteiger partial charge in [0.2, 0.25) is 0 Å². The molecule has 2 rings (SSSR count). The first-order valence-electron chi connectivity index (χ1n) is 4.95. The predicted molar refractivity (Wildman–Crippen MR) is 49.1 cm³/mol. The lowest BCUT2D eigenvalue weighted by atomic mass is 9.76. The molecule has 0 aromatic rings. The summed E-state index contributed by atoms with van der Waals surface area (Å²) in [5, 5.41) is 0. The van der Waals surface area contributed by atoms with Gasteiger partial charge in [0.05, 0.1) is 13.2 Å². The van der Waals surface area contributed by atoms with Crippen LogP contribution < -0.4 is 0 Å². The Kier molecular flexibility index (Phi) is 1.92. The molecule has 1 spiro atoms. The Labute approximate surface area is 74.9 Å². The number of ether oxygens (including phenoxy) is 1. The number of likely N-dealkylation sites (tertiary alicyclic amines) is 1. The molecule has 2 aliphatic rings. The zero-order chi connectivity index (χ0) is 8.77. The second kappa shape index (κ2) is 2.71. The average molecular weight is 169 g/mol. The van der Waals surface area contributed by atoms with E-state index in [4.69, 9.17) is 4.74 Å². The summed E-state index contributed by atoms with van der Waals surface area (Å²) < 4.78 is 5.24. The van der Waals surface area contributed by atoms with Gasteiger partial charge in [-0.25, -0.2) is 0 Å². The van der Waals surface area contributed by atoms with Crippen LogP contribution in [0.1, 0.15) is 20.8 Å². The van der Waals surface area contributed by atoms with Crippen molar-refractivity contribution in [2.75, 3.05) is 26.3 Å². The summed E-state index contributed by atoms with van der Waals surface area (Å²) >= 11 is 0. The van der Waals surface area contributed by atoms with Gasteiger partial charge in [-0.15, -0.1) is 0 Å². The predicted octanol–water partition coefficient (Wildman–Crippen LogP) is 1.36. The van der Waals surface area contributed by atoms with Crippen LogP contribution in [-0.2, 0) is 4.74 Å². The van der Waals surface area contributed by atoms with Crippen LogP contribution in [0.25, 0.3) is 0 Å². The van der Waals surface area contributed by atoms with E-state index in [0.29, 0.717) is 5.41 Å². The highest BCUT2D eigenvalue weighted by Gasteiger charge is 2.50. The van der Waals surface area contributed by atoms with E-state index in [1.807, 2.05) is 0 Å². The quantitative estimate of drug-likeness (QED) is 0.619. The van der Waals surface area contributed by atoms with Crippen molar-refractivity contribution in [1.82, 2.24) is 4.90 Å². The van der Waals surface area contributed by atoms with Crippen LogP contribution in [-0.4, -0.2) is 37.2 Å². The van der Waals surface area contributed by atoms with E-state index in [9.17, 15) is 0 Å². The molecule has 0 bridgehead atoms. The highest BCUT2D eigenvalue weighted by Crippen LogP contribution is 2.39. The van der Waals surface area contributed by atoms with Crippen molar-refractivity contribution in [3.8, 4) is 0 Å². The maximum Gasteiger partial charge on any atom is 0.0569 e. The van der Waals surface area contributed by atoms with E-state index in [-0.39, 0.29) is 0 Å². The third-order valence-corrected chi connectivity index (χ3v) is 3.43. The SMILES string of the molecule is CC(C)[C@@H](C)N1CC2(COC2)C1. The molecular formula is C10H19NO. The number of nitrogens with zero attached hydrogens (tertiary/aromatic N) is 1. The van der Waals surface area contributed by atoms with Gasteiger partial charge < -0.3 is 4.74 Å². The number of rotatable bonds is 2. The van der Waals surface area contributed by atoms with Crippen LogP contribution in [0.3, 0.4) is 0 Å². The monoisotopic (exact) mass is 169 g/mol. The van der Waals surface area contributed by atoms with Gasteiger partial charge in [-0.3, -0.25) is 4.90 Å². The third kappa shape index (κ3) is 1.17. The van der Waals surface area contributed by atoms with Crippen molar-refractivity contribution in [3.05, 3.63) is 0 Å². The summed E-state index contributed by atoms with van der Waals surface area (Å²) in [5.41, 5.74) is 0.586. The molecule has 2 aliphatic heterocycles. The van der Waals surface area contributed by atoms with Crippen LogP contribution in [0.5, 0.6) is 0 Å². The van der Waals surface area contributed by atoms with Gasteiger partial charge in [0.15, 0.2) is 0 Å². The largest absolute Gasteiger partial charge is 0.380 e. The second-order valence-electron chi connectivity index (χ2n) is 4.88. The van der Waals surface area contributed by atoms with Crippen molar-refractivity contribution >= 4 is 0 Å². The number of hydrogen-bond donors (Lipinski definition) is 0. The zero-order valence-electron chi connectivity index (χ0n) is 8.34. The molecule has 0 N–H and O–H groups in total. The summed E-state index contributed by atoms with van der Waals surface area (Å²) in [5.74, 6) is 0.781. The highest BCUT2D eigenvalue weighted by molar-refractivity contribution is 5.01. The molecule has 2 heteroatoms. The minimum atomic E-state index is 0.586. The molecule has 1 atom stereocenters. The Morgan fingerprint density at radius 3 is 2.08 bits per heavy atom. The van der Waals surface area contributed by atoms with Gasteiger partial charge >= 0.3 is 0 Å². The zero-order valence-corrected chi connectivity index (χ0v) is 8.34. The summed E-state index contributed by atoms with van der Waals surface area (Å²) in [7, 11) is 0. The minimum Gasteiger partial charge on any atom is -0.380 e. The Hall–Kier alpha value is -0.0800. The van der Waals surface area contributed by atoms with Gasteiger partial charge in [0.1, 0.15) is 0 Å². The molecule has 2 fully saturated rings. The topological polar surface area (TPSA) is 12.5 Å².